The third-order valence-corrected chi connectivity index (χ3v) is 5.28. The van der Waals surface area contributed by atoms with Gasteiger partial charge in [-0.25, -0.2) is 0 Å². The maximum absolute atomic E-state index is 12.3. The summed E-state index contributed by atoms with van der Waals surface area (Å²) in [5, 5.41) is 5.87. The van der Waals surface area contributed by atoms with Crippen molar-refractivity contribution in [2.75, 3.05) is 31.1 Å². The molecule has 24 heavy (non-hydrogen) atoms. The summed E-state index contributed by atoms with van der Waals surface area (Å²) in [5.74, 6) is 1.07. The van der Waals surface area contributed by atoms with E-state index in [1.165, 1.54) is 5.56 Å². The molecule has 3 heterocycles. The van der Waals surface area contributed by atoms with Gasteiger partial charge >= 0.3 is 0 Å². The van der Waals surface area contributed by atoms with Gasteiger partial charge in [-0.15, -0.1) is 0 Å². The van der Waals surface area contributed by atoms with Gasteiger partial charge in [0.1, 0.15) is 18.4 Å². The number of hydrogen-bond acceptors (Lipinski definition) is 5. The molecular formula is C18H23N3O3. The number of benzene rings is 1. The zero-order valence-corrected chi connectivity index (χ0v) is 13.7. The smallest absolute Gasteiger partial charge is 0.249 e. The van der Waals surface area contributed by atoms with Crippen molar-refractivity contribution in [3.63, 3.8) is 0 Å². The molecule has 0 aliphatic carbocycles. The fourth-order valence-corrected chi connectivity index (χ4v) is 4.05. The largest absolute Gasteiger partial charge is 0.489 e. The molecule has 1 unspecified atom stereocenters. The molecule has 0 aromatic heterocycles. The fraction of sp³-hybridized carbons (Fsp3) is 0.556. The van der Waals surface area contributed by atoms with Gasteiger partial charge in [-0.2, -0.15) is 0 Å². The Morgan fingerprint density at radius 2 is 1.96 bits per heavy atom. The summed E-state index contributed by atoms with van der Waals surface area (Å²) < 4.78 is 6.02. The molecule has 4 rings (SSSR count). The van der Waals surface area contributed by atoms with Crippen LogP contribution in [0.2, 0.25) is 0 Å². The fourth-order valence-electron chi connectivity index (χ4n) is 4.05. The number of anilines is 1. The zero-order chi connectivity index (χ0) is 16.5. The van der Waals surface area contributed by atoms with E-state index in [1.54, 1.807) is 0 Å². The summed E-state index contributed by atoms with van der Waals surface area (Å²) in [6, 6.07) is 5.96. The Bertz CT molecular complexity index is 655. The second-order valence-corrected chi connectivity index (χ2v) is 6.73. The van der Waals surface area contributed by atoms with E-state index >= 15 is 0 Å². The predicted molar refractivity (Wildman–Crippen MR) is 90.3 cm³/mol. The minimum atomic E-state index is -0.284. The Morgan fingerprint density at radius 3 is 2.75 bits per heavy atom. The van der Waals surface area contributed by atoms with Crippen molar-refractivity contribution in [2.24, 2.45) is 0 Å². The molecule has 1 aromatic rings. The van der Waals surface area contributed by atoms with Gasteiger partial charge in [0.05, 0.1) is 12.2 Å². The van der Waals surface area contributed by atoms with Crippen molar-refractivity contribution in [3.8, 4) is 5.75 Å². The second-order valence-electron chi connectivity index (χ2n) is 6.73. The Kier molecular flexibility index (Phi) is 4.14. The van der Waals surface area contributed by atoms with Crippen LogP contribution in [0.5, 0.6) is 5.75 Å². The molecule has 2 saturated heterocycles. The number of carbonyl (C=O) groups is 2. The van der Waals surface area contributed by atoms with Gasteiger partial charge in [0.25, 0.3) is 0 Å². The number of amides is 2. The van der Waals surface area contributed by atoms with Crippen LogP contribution >= 0.6 is 0 Å². The van der Waals surface area contributed by atoms with Gasteiger partial charge in [-0.3, -0.25) is 14.9 Å². The first-order valence-electron chi connectivity index (χ1n) is 8.81. The van der Waals surface area contributed by atoms with E-state index in [4.69, 9.17) is 4.74 Å². The lowest BCUT2D eigenvalue weighted by atomic mass is 9.88. The number of nitrogens with zero attached hydrogens (tertiary/aromatic N) is 1. The number of rotatable bonds is 2. The molecule has 2 amide bonds. The number of para-hydroxylation sites is 1. The molecule has 3 aliphatic rings. The SMILES string of the molecule is O=C1CCC(N2CCOc3c(C4CCNCC4)cccc32)C(=O)N1. The van der Waals surface area contributed by atoms with Crippen LogP contribution in [0.15, 0.2) is 18.2 Å². The number of imide groups is 1. The van der Waals surface area contributed by atoms with Gasteiger partial charge in [-0.1, -0.05) is 12.1 Å². The van der Waals surface area contributed by atoms with Crippen molar-refractivity contribution in [1.29, 1.82) is 0 Å². The molecule has 6 heteroatoms. The first-order valence-corrected chi connectivity index (χ1v) is 8.81. The molecule has 3 aliphatic heterocycles. The lowest BCUT2D eigenvalue weighted by Gasteiger charge is -2.39. The minimum absolute atomic E-state index is 0.173. The lowest BCUT2D eigenvalue weighted by Crippen LogP contribution is -2.54. The Hall–Kier alpha value is -2.08. The number of hydrogen-bond donors (Lipinski definition) is 2. The van der Waals surface area contributed by atoms with E-state index < -0.39 is 0 Å². The van der Waals surface area contributed by atoms with Crippen LogP contribution in [0.1, 0.15) is 37.2 Å². The highest BCUT2D eigenvalue weighted by Crippen LogP contribution is 2.42. The highest BCUT2D eigenvalue weighted by Gasteiger charge is 2.35. The average molecular weight is 329 g/mol. The molecule has 128 valence electrons. The molecular weight excluding hydrogens is 306 g/mol. The molecule has 2 N–H and O–H groups in total. The Labute approximate surface area is 141 Å². The van der Waals surface area contributed by atoms with Crippen molar-refractivity contribution < 1.29 is 14.3 Å². The van der Waals surface area contributed by atoms with Crippen LogP contribution in [0.4, 0.5) is 5.69 Å². The first-order chi connectivity index (χ1) is 11.7. The average Bonchev–Trinajstić information content (AvgIpc) is 2.62. The molecule has 0 saturated carbocycles. The number of fused-ring (bicyclic) bond motifs is 1. The van der Waals surface area contributed by atoms with Crippen LogP contribution in [0.25, 0.3) is 0 Å². The molecule has 1 aromatic carbocycles. The van der Waals surface area contributed by atoms with Crippen LogP contribution in [0, 0.1) is 0 Å². The maximum atomic E-state index is 12.3. The summed E-state index contributed by atoms with van der Waals surface area (Å²) in [4.78, 5) is 25.8. The van der Waals surface area contributed by atoms with E-state index in [1.807, 2.05) is 6.07 Å². The van der Waals surface area contributed by atoms with Crippen molar-refractivity contribution in [2.45, 2.75) is 37.6 Å². The second kappa shape index (κ2) is 6.43. The lowest BCUT2D eigenvalue weighted by molar-refractivity contribution is -0.134. The van der Waals surface area contributed by atoms with Gasteiger partial charge in [0.15, 0.2) is 0 Å². The normalized spacial score (nSPS) is 25.0. The van der Waals surface area contributed by atoms with Crippen LogP contribution in [0.3, 0.4) is 0 Å². The number of carbonyl (C=O) groups excluding carboxylic acids is 2. The van der Waals surface area contributed by atoms with E-state index in [0.29, 0.717) is 31.9 Å². The van der Waals surface area contributed by atoms with E-state index in [9.17, 15) is 9.59 Å². The van der Waals surface area contributed by atoms with Crippen LogP contribution < -0.4 is 20.3 Å². The molecule has 2 fully saturated rings. The van der Waals surface area contributed by atoms with Crippen LogP contribution in [-0.2, 0) is 9.59 Å². The Balaban J connectivity index is 1.65. The Morgan fingerprint density at radius 1 is 1.12 bits per heavy atom. The van der Waals surface area contributed by atoms with Crippen LogP contribution in [-0.4, -0.2) is 44.1 Å². The quantitative estimate of drug-likeness (QED) is 0.797. The summed E-state index contributed by atoms with van der Waals surface area (Å²) in [5.41, 5.74) is 2.25. The molecule has 0 spiro atoms. The molecule has 0 radical (unpaired) electrons. The summed E-state index contributed by atoms with van der Waals surface area (Å²) in [7, 11) is 0. The van der Waals surface area contributed by atoms with E-state index in [0.717, 1.165) is 37.4 Å². The predicted octanol–water partition coefficient (Wildman–Crippen LogP) is 1.16. The highest BCUT2D eigenvalue weighted by atomic mass is 16.5. The highest BCUT2D eigenvalue weighted by molar-refractivity contribution is 6.01. The maximum Gasteiger partial charge on any atom is 0.249 e. The van der Waals surface area contributed by atoms with Crippen molar-refractivity contribution in [1.82, 2.24) is 10.6 Å². The summed E-state index contributed by atoms with van der Waals surface area (Å²) >= 11 is 0. The van der Waals surface area contributed by atoms with Crippen molar-refractivity contribution in [3.05, 3.63) is 23.8 Å². The number of nitrogens with one attached hydrogen (secondary N) is 2. The third kappa shape index (κ3) is 2.75. The number of ether oxygens (including phenoxy) is 1. The van der Waals surface area contributed by atoms with Crippen molar-refractivity contribution >= 4 is 17.5 Å². The molecule has 0 bridgehead atoms. The zero-order valence-electron chi connectivity index (χ0n) is 13.7. The summed E-state index contributed by atoms with van der Waals surface area (Å²) in [6.45, 7) is 3.32. The van der Waals surface area contributed by atoms with E-state index in [-0.39, 0.29) is 17.9 Å². The first kappa shape index (κ1) is 15.4. The van der Waals surface area contributed by atoms with Gasteiger partial charge in [-0.05, 0) is 49.9 Å². The molecule has 1 atom stereocenters. The standard InChI is InChI=1S/C18H23N3O3/c22-16-5-4-15(18(23)20-16)21-10-11-24-17-13(2-1-3-14(17)21)12-6-8-19-9-7-12/h1-3,12,15,19H,4-11H2,(H,20,22,23). The van der Waals surface area contributed by atoms with Gasteiger partial charge in [0, 0.05) is 6.42 Å². The minimum Gasteiger partial charge on any atom is -0.489 e. The monoisotopic (exact) mass is 329 g/mol. The van der Waals surface area contributed by atoms with Gasteiger partial charge < -0.3 is 15.0 Å². The topological polar surface area (TPSA) is 70.7 Å². The summed E-state index contributed by atoms with van der Waals surface area (Å²) in [6.07, 6.45) is 3.19. The third-order valence-electron chi connectivity index (χ3n) is 5.28. The van der Waals surface area contributed by atoms with Gasteiger partial charge in [0.2, 0.25) is 11.8 Å². The van der Waals surface area contributed by atoms with E-state index in [2.05, 4.69) is 27.7 Å². The molecule has 6 nitrogen and oxygen atoms in total. The number of piperidine rings is 2.